The molecule has 2 aromatic carbocycles. The molecule has 1 aliphatic rings. The van der Waals surface area contributed by atoms with Crippen LogP contribution in [0.15, 0.2) is 54.6 Å². The summed E-state index contributed by atoms with van der Waals surface area (Å²) in [6.45, 7) is 4.70. The molecular formula is C22H24N4O. The van der Waals surface area contributed by atoms with Crippen molar-refractivity contribution in [3.05, 3.63) is 82.7 Å². The maximum absolute atomic E-state index is 13.3. The molecule has 0 aliphatic carbocycles. The largest absolute Gasteiger partial charge is 0.361 e. The molecule has 1 atom stereocenters. The highest BCUT2D eigenvalue weighted by atomic mass is 16.2. The summed E-state index contributed by atoms with van der Waals surface area (Å²) in [4.78, 5) is 15.2. The van der Waals surface area contributed by atoms with E-state index in [1.54, 1.807) is 0 Å². The van der Waals surface area contributed by atoms with E-state index in [0.29, 0.717) is 6.54 Å². The molecule has 0 fully saturated rings. The van der Waals surface area contributed by atoms with Crippen LogP contribution in [0.5, 0.6) is 0 Å². The van der Waals surface area contributed by atoms with E-state index >= 15 is 0 Å². The minimum atomic E-state index is -0.218. The number of benzene rings is 2. The van der Waals surface area contributed by atoms with Crippen LogP contribution in [0.1, 0.15) is 39.0 Å². The minimum Gasteiger partial charge on any atom is -0.361 e. The summed E-state index contributed by atoms with van der Waals surface area (Å²) >= 11 is 0. The second-order valence-electron chi connectivity index (χ2n) is 7.03. The van der Waals surface area contributed by atoms with Crippen molar-refractivity contribution in [1.82, 2.24) is 14.7 Å². The third-order valence-electron chi connectivity index (χ3n) is 5.34. The van der Waals surface area contributed by atoms with Crippen molar-refractivity contribution in [3.8, 4) is 0 Å². The molecule has 0 saturated heterocycles. The first-order chi connectivity index (χ1) is 13.1. The van der Waals surface area contributed by atoms with E-state index in [-0.39, 0.29) is 12.1 Å². The van der Waals surface area contributed by atoms with Gasteiger partial charge in [-0.1, -0.05) is 42.5 Å². The average Bonchev–Trinajstić information content (AvgIpc) is 2.93. The van der Waals surface area contributed by atoms with Crippen molar-refractivity contribution >= 4 is 11.6 Å². The van der Waals surface area contributed by atoms with Crippen molar-refractivity contribution in [1.29, 1.82) is 0 Å². The van der Waals surface area contributed by atoms with Gasteiger partial charge in [0.05, 0.1) is 11.3 Å². The van der Waals surface area contributed by atoms with Gasteiger partial charge in [-0.3, -0.25) is 9.48 Å². The Morgan fingerprint density at radius 1 is 1.04 bits per heavy atom. The highest BCUT2D eigenvalue weighted by molar-refractivity contribution is 6.01. The molecule has 0 bridgehead atoms. The molecule has 0 spiro atoms. The summed E-state index contributed by atoms with van der Waals surface area (Å²) in [5, 5.41) is 8.14. The molecule has 1 aliphatic heterocycles. The molecule has 1 amide bonds. The fourth-order valence-corrected chi connectivity index (χ4v) is 3.83. The Balaban J connectivity index is 1.73. The van der Waals surface area contributed by atoms with Crippen molar-refractivity contribution in [2.45, 2.75) is 26.4 Å². The first kappa shape index (κ1) is 17.3. The summed E-state index contributed by atoms with van der Waals surface area (Å²) in [6, 6.07) is 18.0. The number of fused-ring (bicyclic) bond motifs is 1. The van der Waals surface area contributed by atoms with Crippen LogP contribution in [0.4, 0.5) is 5.69 Å². The lowest BCUT2D eigenvalue weighted by Gasteiger charge is -2.38. The van der Waals surface area contributed by atoms with Gasteiger partial charge in [-0.2, -0.15) is 5.10 Å². The standard InChI is InChI=1S/C22H24N4O/c1-15-20(16(2)25(3)24-15)21-23-19-12-8-7-11-18(19)22(27)26(21)14-13-17-9-5-4-6-10-17/h4-12,21,23H,13-14H2,1-3H3/t21-/m0/s1. The van der Waals surface area contributed by atoms with Crippen molar-refractivity contribution < 1.29 is 4.79 Å². The molecule has 0 unspecified atom stereocenters. The summed E-state index contributed by atoms with van der Waals surface area (Å²) in [5.74, 6) is 0.0629. The molecule has 1 N–H and O–H groups in total. The molecule has 2 heterocycles. The van der Waals surface area contributed by atoms with E-state index in [1.165, 1.54) is 5.56 Å². The topological polar surface area (TPSA) is 50.2 Å². The van der Waals surface area contributed by atoms with E-state index in [4.69, 9.17) is 0 Å². The van der Waals surface area contributed by atoms with Crippen molar-refractivity contribution in [2.24, 2.45) is 7.05 Å². The van der Waals surface area contributed by atoms with E-state index in [0.717, 1.165) is 34.6 Å². The Labute approximate surface area is 159 Å². The average molecular weight is 360 g/mol. The molecule has 1 aromatic heterocycles. The highest BCUT2D eigenvalue weighted by Crippen LogP contribution is 2.35. The van der Waals surface area contributed by atoms with Gasteiger partial charge in [0.1, 0.15) is 6.17 Å². The number of anilines is 1. The van der Waals surface area contributed by atoms with Gasteiger partial charge < -0.3 is 10.2 Å². The van der Waals surface area contributed by atoms with Gasteiger partial charge >= 0.3 is 0 Å². The van der Waals surface area contributed by atoms with Crippen LogP contribution in [-0.4, -0.2) is 27.1 Å². The van der Waals surface area contributed by atoms with Crippen LogP contribution >= 0.6 is 0 Å². The van der Waals surface area contributed by atoms with Gasteiger partial charge in [-0.25, -0.2) is 0 Å². The van der Waals surface area contributed by atoms with Crippen LogP contribution in [0.2, 0.25) is 0 Å². The summed E-state index contributed by atoms with van der Waals surface area (Å²) in [7, 11) is 1.94. The number of aromatic nitrogens is 2. The van der Waals surface area contributed by atoms with Crippen molar-refractivity contribution in [2.75, 3.05) is 11.9 Å². The van der Waals surface area contributed by atoms with Crippen LogP contribution < -0.4 is 5.32 Å². The number of amides is 1. The zero-order valence-electron chi connectivity index (χ0n) is 15.9. The summed E-state index contributed by atoms with van der Waals surface area (Å²) in [5.41, 5.74) is 5.93. The molecule has 138 valence electrons. The van der Waals surface area contributed by atoms with Crippen LogP contribution in [0, 0.1) is 13.8 Å². The number of hydrogen-bond acceptors (Lipinski definition) is 3. The number of carbonyl (C=O) groups is 1. The lowest BCUT2D eigenvalue weighted by Crippen LogP contribution is -2.44. The van der Waals surface area contributed by atoms with Gasteiger partial charge in [-0.15, -0.1) is 0 Å². The van der Waals surface area contributed by atoms with E-state index < -0.39 is 0 Å². The smallest absolute Gasteiger partial charge is 0.257 e. The van der Waals surface area contributed by atoms with E-state index in [2.05, 4.69) is 29.5 Å². The Kier molecular flexibility index (Phi) is 4.44. The first-order valence-corrected chi connectivity index (χ1v) is 9.27. The van der Waals surface area contributed by atoms with E-state index in [1.807, 2.05) is 66.0 Å². The fraction of sp³-hybridized carbons (Fsp3) is 0.273. The maximum Gasteiger partial charge on any atom is 0.257 e. The Hall–Kier alpha value is -3.08. The van der Waals surface area contributed by atoms with Crippen LogP contribution in [-0.2, 0) is 13.5 Å². The maximum atomic E-state index is 13.3. The molecule has 5 nitrogen and oxygen atoms in total. The Morgan fingerprint density at radius 3 is 2.44 bits per heavy atom. The molecule has 3 aromatic rings. The molecule has 4 rings (SSSR count). The fourth-order valence-electron chi connectivity index (χ4n) is 3.83. The number of nitrogens with zero attached hydrogens (tertiary/aromatic N) is 3. The van der Waals surface area contributed by atoms with Gasteiger partial charge in [0.25, 0.3) is 5.91 Å². The van der Waals surface area contributed by atoms with Gasteiger partial charge in [-0.05, 0) is 38.0 Å². The second kappa shape index (κ2) is 6.91. The third-order valence-corrected chi connectivity index (χ3v) is 5.34. The number of carbonyl (C=O) groups excluding carboxylic acids is 1. The predicted octanol–water partition coefficient (Wildman–Crippen LogP) is 3.85. The SMILES string of the molecule is Cc1nn(C)c(C)c1[C@H]1Nc2ccccc2C(=O)N1CCc1ccccc1. The number of nitrogens with one attached hydrogen (secondary N) is 1. The van der Waals surface area contributed by atoms with Gasteiger partial charge in [0, 0.05) is 30.5 Å². The molecule has 27 heavy (non-hydrogen) atoms. The summed E-state index contributed by atoms with van der Waals surface area (Å²) in [6.07, 6.45) is 0.593. The Morgan fingerprint density at radius 2 is 1.74 bits per heavy atom. The molecule has 0 radical (unpaired) electrons. The quantitative estimate of drug-likeness (QED) is 0.769. The monoisotopic (exact) mass is 360 g/mol. The number of rotatable bonds is 4. The van der Waals surface area contributed by atoms with Gasteiger partial charge in [0.2, 0.25) is 0 Å². The van der Waals surface area contributed by atoms with Crippen LogP contribution in [0.3, 0.4) is 0 Å². The zero-order valence-corrected chi connectivity index (χ0v) is 15.9. The predicted molar refractivity (Wildman–Crippen MR) is 107 cm³/mol. The lowest BCUT2D eigenvalue weighted by atomic mass is 10.0. The molecular weight excluding hydrogens is 336 g/mol. The molecule has 0 saturated carbocycles. The normalized spacial score (nSPS) is 16.2. The van der Waals surface area contributed by atoms with Crippen molar-refractivity contribution in [3.63, 3.8) is 0 Å². The highest BCUT2D eigenvalue weighted by Gasteiger charge is 2.35. The lowest BCUT2D eigenvalue weighted by molar-refractivity contribution is 0.0684. The number of aryl methyl sites for hydroxylation is 2. The third kappa shape index (κ3) is 3.10. The zero-order chi connectivity index (χ0) is 19.0. The van der Waals surface area contributed by atoms with Gasteiger partial charge in [0.15, 0.2) is 0 Å². The summed E-state index contributed by atoms with van der Waals surface area (Å²) < 4.78 is 1.88. The van der Waals surface area contributed by atoms with E-state index in [9.17, 15) is 4.79 Å². The second-order valence-corrected chi connectivity index (χ2v) is 7.03. The Bertz CT molecular complexity index is 977. The number of para-hydroxylation sites is 1. The minimum absolute atomic E-state index is 0.0629. The number of hydrogen-bond donors (Lipinski definition) is 1. The first-order valence-electron chi connectivity index (χ1n) is 9.27. The molecule has 5 heteroatoms. The van der Waals surface area contributed by atoms with Crippen LogP contribution in [0.25, 0.3) is 0 Å².